The minimum absolute atomic E-state index is 0.653. The first-order chi connectivity index (χ1) is 8.19. The molecule has 17 heavy (non-hydrogen) atoms. The summed E-state index contributed by atoms with van der Waals surface area (Å²) in [5.74, 6) is 0. The number of hydrogen-bond acceptors (Lipinski definition) is 3. The molecular weight excluding hydrogens is 210 g/mol. The molecule has 0 bridgehead atoms. The van der Waals surface area contributed by atoms with Crippen LogP contribution >= 0.6 is 0 Å². The van der Waals surface area contributed by atoms with Gasteiger partial charge in [-0.2, -0.15) is 0 Å². The Labute approximate surface area is 108 Å². The van der Waals surface area contributed by atoms with Crippen molar-refractivity contribution in [2.45, 2.75) is 52.1 Å². The van der Waals surface area contributed by atoms with Gasteiger partial charge in [-0.25, -0.2) is 0 Å². The predicted molar refractivity (Wildman–Crippen MR) is 75.5 cm³/mol. The molecule has 0 amide bonds. The maximum Gasteiger partial charge on any atom is 0.0192 e. The van der Waals surface area contributed by atoms with E-state index in [1.165, 1.54) is 38.9 Å². The van der Waals surface area contributed by atoms with Gasteiger partial charge in [0.15, 0.2) is 0 Å². The first-order valence-corrected chi connectivity index (χ1v) is 7.34. The van der Waals surface area contributed by atoms with Crippen LogP contribution in [0.2, 0.25) is 0 Å². The highest BCUT2D eigenvalue weighted by molar-refractivity contribution is 4.81. The normalized spacial score (nSPS) is 21.0. The molecule has 102 valence electrons. The Morgan fingerprint density at radius 2 is 1.94 bits per heavy atom. The smallest absolute Gasteiger partial charge is 0.0192 e. The second kappa shape index (κ2) is 8.06. The molecule has 1 heterocycles. The van der Waals surface area contributed by atoms with Crippen LogP contribution in [0.5, 0.6) is 0 Å². The van der Waals surface area contributed by atoms with E-state index in [4.69, 9.17) is 0 Å². The van der Waals surface area contributed by atoms with E-state index in [1.54, 1.807) is 0 Å². The Morgan fingerprint density at radius 3 is 2.47 bits per heavy atom. The molecule has 1 N–H and O–H groups in total. The number of hydrogen-bond donors (Lipinski definition) is 1. The molecule has 1 atom stereocenters. The lowest BCUT2D eigenvalue weighted by atomic mass is 10.0. The average molecular weight is 241 g/mol. The summed E-state index contributed by atoms with van der Waals surface area (Å²) in [6.07, 6.45) is 3.90. The van der Waals surface area contributed by atoms with Crippen molar-refractivity contribution >= 4 is 0 Å². The van der Waals surface area contributed by atoms with Crippen molar-refractivity contribution in [3.05, 3.63) is 0 Å². The van der Waals surface area contributed by atoms with Gasteiger partial charge in [0.2, 0.25) is 0 Å². The fourth-order valence-electron chi connectivity index (χ4n) is 2.63. The zero-order chi connectivity index (χ0) is 12.7. The largest absolute Gasteiger partial charge is 0.315 e. The second-order valence-electron chi connectivity index (χ2n) is 5.38. The highest BCUT2D eigenvalue weighted by atomic mass is 15.2. The van der Waals surface area contributed by atoms with Crippen LogP contribution in [0.4, 0.5) is 0 Å². The standard InChI is InChI=1S/C14H31N3/c1-5-9-15-12-13(3)16(4)14-7-10-17(6-2)11-8-14/h13-15H,5-12H2,1-4H3. The quantitative estimate of drug-likeness (QED) is 0.686. The van der Waals surface area contributed by atoms with Crippen molar-refractivity contribution in [3.8, 4) is 0 Å². The van der Waals surface area contributed by atoms with Crippen LogP contribution in [-0.4, -0.2) is 61.7 Å². The van der Waals surface area contributed by atoms with Gasteiger partial charge in [-0.15, -0.1) is 0 Å². The summed E-state index contributed by atoms with van der Waals surface area (Å²) in [6, 6.07) is 1.44. The average Bonchev–Trinajstić information content (AvgIpc) is 2.38. The lowest BCUT2D eigenvalue weighted by Crippen LogP contribution is -2.48. The lowest BCUT2D eigenvalue weighted by molar-refractivity contribution is 0.104. The van der Waals surface area contributed by atoms with E-state index >= 15 is 0 Å². The molecule has 0 aromatic heterocycles. The van der Waals surface area contributed by atoms with Crippen LogP contribution in [0.25, 0.3) is 0 Å². The van der Waals surface area contributed by atoms with Crippen LogP contribution in [0.1, 0.15) is 40.0 Å². The topological polar surface area (TPSA) is 18.5 Å². The molecule has 0 aromatic carbocycles. The number of likely N-dealkylation sites (N-methyl/N-ethyl adjacent to an activating group) is 1. The Kier molecular flexibility index (Phi) is 7.09. The van der Waals surface area contributed by atoms with E-state index in [9.17, 15) is 0 Å². The van der Waals surface area contributed by atoms with Crippen molar-refractivity contribution < 1.29 is 0 Å². The molecule has 3 nitrogen and oxygen atoms in total. The van der Waals surface area contributed by atoms with Gasteiger partial charge in [-0.05, 0) is 59.4 Å². The fourth-order valence-corrected chi connectivity index (χ4v) is 2.63. The van der Waals surface area contributed by atoms with Crippen molar-refractivity contribution in [2.75, 3.05) is 39.8 Å². The molecule has 0 radical (unpaired) electrons. The fraction of sp³-hybridized carbons (Fsp3) is 1.00. The van der Waals surface area contributed by atoms with Gasteiger partial charge in [0.25, 0.3) is 0 Å². The molecule has 3 heteroatoms. The minimum atomic E-state index is 0.653. The van der Waals surface area contributed by atoms with E-state index in [0.717, 1.165) is 19.1 Å². The van der Waals surface area contributed by atoms with Crippen molar-refractivity contribution in [1.82, 2.24) is 15.1 Å². The van der Waals surface area contributed by atoms with Crippen LogP contribution in [-0.2, 0) is 0 Å². The van der Waals surface area contributed by atoms with Gasteiger partial charge in [0.1, 0.15) is 0 Å². The molecule has 1 rings (SSSR count). The van der Waals surface area contributed by atoms with Crippen LogP contribution in [0.15, 0.2) is 0 Å². The summed E-state index contributed by atoms with van der Waals surface area (Å²) in [6.45, 7) is 12.9. The minimum Gasteiger partial charge on any atom is -0.315 e. The molecule has 0 spiro atoms. The maximum absolute atomic E-state index is 3.52. The molecule has 0 aliphatic carbocycles. The SMILES string of the molecule is CCCNCC(C)N(C)C1CCN(CC)CC1. The van der Waals surface area contributed by atoms with Crippen molar-refractivity contribution in [2.24, 2.45) is 0 Å². The Hall–Kier alpha value is -0.120. The van der Waals surface area contributed by atoms with Gasteiger partial charge in [-0.3, -0.25) is 4.90 Å². The first kappa shape index (κ1) is 14.9. The number of rotatable bonds is 7. The molecule has 1 aliphatic rings. The molecule has 1 aliphatic heterocycles. The number of nitrogens with zero attached hydrogens (tertiary/aromatic N) is 2. The third-order valence-electron chi connectivity index (χ3n) is 4.14. The summed E-state index contributed by atoms with van der Waals surface area (Å²) in [5.41, 5.74) is 0. The van der Waals surface area contributed by atoms with Crippen LogP contribution < -0.4 is 5.32 Å². The second-order valence-corrected chi connectivity index (χ2v) is 5.38. The third kappa shape index (κ3) is 4.94. The van der Waals surface area contributed by atoms with Gasteiger partial charge in [-0.1, -0.05) is 13.8 Å². The first-order valence-electron chi connectivity index (χ1n) is 7.34. The van der Waals surface area contributed by atoms with Crippen LogP contribution in [0.3, 0.4) is 0 Å². The summed E-state index contributed by atoms with van der Waals surface area (Å²) in [4.78, 5) is 5.14. The van der Waals surface area contributed by atoms with Gasteiger partial charge in [0, 0.05) is 18.6 Å². The van der Waals surface area contributed by atoms with Crippen molar-refractivity contribution in [1.29, 1.82) is 0 Å². The highest BCUT2D eigenvalue weighted by Gasteiger charge is 2.24. The highest BCUT2D eigenvalue weighted by Crippen LogP contribution is 2.16. The van der Waals surface area contributed by atoms with E-state index in [2.05, 4.69) is 42.9 Å². The maximum atomic E-state index is 3.52. The van der Waals surface area contributed by atoms with Crippen LogP contribution in [0, 0.1) is 0 Å². The summed E-state index contributed by atoms with van der Waals surface area (Å²) < 4.78 is 0. The van der Waals surface area contributed by atoms with E-state index in [1.807, 2.05) is 0 Å². The lowest BCUT2D eigenvalue weighted by Gasteiger charge is -2.39. The molecular formula is C14H31N3. The molecule has 1 fully saturated rings. The Balaban J connectivity index is 2.24. The van der Waals surface area contributed by atoms with Crippen molar-refractivity contribution in [3.63, 3.8) is 0 Å². The zero-order valence-corrected chi connectivity index (χ0v) is 12.2. The van der Waals surface area contributed by atoms with E-state index < -0.39 is 0 Å². The van der Waals surface area contributed by atoms with E-state index in [-0.39, 0.29) is 0 Å². The molecule has 0 saturated carbocycles. The molecule has 1 saturated heterocycles. The van der Waals surface area contributed by atoms with Gasteiger partial charge >= 0.3 is 0 Å². The van der Waals surface area contributed by atoms with E-state index in [0.29, 0.717) is 6.04 Å². The molecule has 0 aromatic rings. The molecule has 1 unspecified atom stereocenters. The summed E-state index contributed by atoms with van der Waals surface area (Å²) >= 11 is 0. The Bertz CT molecular complexity index is 188. The Morgan fingerprint density at radius 1 is 1.29 bits per heavy atom. The van der Waals surface area contributed by atoms with Gasteiger partial charge in [0.05, 0.1) is 0 Å². The predicted octanol–water partition coefficient (Wildman–Crippen LogP) is 1.79. The monoisotopic (exact) mass is 241 g/mol. The summed E-state index contributed by atoms with van der Waals surface area (Å²) in [7, 11) is 2.30. The number of nitrogens with one attached hydrogen (secondary N) is 1. The van der Waals surface area contributed by atoms with Gasteiger partial charge < -0.3 is 10.2 Å². The summed E-state index contributed by atoms with van der Waals surface area (Å²) in [5, 5.41) is 3.52. The third-order valence-corrected chi connectivity index (χ3v) is 4.14. The number of likely N-dealkylation sites (tertiary alicyclic amines) is 1. The number of piperidine rings is 1. The zero-order valence-electron chi connectivity index (χ0n) is 12.2.